The van der Waals surface area contributed by atoms with Crippen molar-refractivity contribution in [2.24, 2.45) is 0 Å². The third kappa shape index (κ3) is 5.33. The summed E-state index contributed by atoms with van der Waals surface area (Å²) in [5.41, 5.74) is 0.454. The van der Waals surface area contributed by atoms with E-state index in [4.69, 9.17) is 9.47 Å². The van der Waals surface area contributed by atoms with Gasteiger partial charge in [-0.05, 0) is 64.4 Å². The molecule has 0 spiro atoms. The van der Waals surface area contributed by atoms with Gasteiger partial charge in [0.25, 0.3) is 5.91 Å². The van der Waals surface area contributed by atoms with Crippen LogP contribution in [0.3, 0.4) is 0 Å². The average molecular weight is 487 g/mol. The molecule has 10 heteroatoms. The van der Waals surface area contributed by atoms with E-state index in [9.17, 15) is 22.0 Å². The molecule has 1 amide bonds. The predicted octanol–water partition coefficient (Wildman–Crippen LogP) is 3.09. The van der Waals surface area contributed by atoms with Gasteiger partial charge in [-0.25, -0.2) is 21.9 Å². The Morgan fingerprint density at radius 2 is 1.85 bits per heavy atom. The largest absolute Gasteiger partial charge is 0.480 e. The third-order valence-corrected chi connectivity index (χ3v) is 8.90. The van der Waals surface area contributed by atoms with Crippen LogP contribution in [-0.2, 0) is 19.6 Å². The van der Waals surface area contributed by atoms with Crippen LogP contribution in [0.2, 0.25) is 0 Å². The Hall–Kier alpha value is -1.78. The monoisotopic (exact) mass is 486 g/mol. The first kappa shape index (κ1) is 24.3. The van der Waals surface area contributed by atoms with Gasteiger partial charge in [0, 0.05) is 24.2 Å². The molecule has 3 heterocycles. The number of amides is 1. The molecule has 5 rings (SSSR count). The van der Waals surface area contributed by atoms with Crippen LogP contribution in [0, 0.1) is 11.6 Å². The predicted molar refractivity (Wildman–Crippen MR) is 119 cm³/mol. The third-order valence-electron chi connectivity index (χ3n) is 7.03. The number of ether oxygens (including phenoxy) is 2. The second-order valence-corrected chi connectivity index (χ2v) is 11.8. The van der Waals surface area contributed by atoms with Crippen LogP contribution in [0.5, 0.6) is 5.75 Å². The summed E-state index contributed by atoms with van der Waals surface area (Å²) in [7, 11) is -3.54. The van der Waals surface area contributed by atoms with E-state index in [2.05, 4.69) is 4.72 Å². The van der Waals surface area contributed by atoms with Gasteiger partial charge in [-0.1, -0.05) is 0 Å². The Balaban J connectivity index is 1.64. The number of carbonyl (C=O) groups excluding carboxylic acids is 1. The molecule has 4 aliphatic rings. The Labute approximate surface area is 193 Å². The van der Waals surface area contributed by atoms with E-state index in [0.717, 1.165) is 6.07 Å². The van der Waals surface area contributed by atoms with Crippen LogP contribution in [0.4, 0.5) is 8.78 Å². The van der Waals surface area contributed by atoms with Gasteiger partial charge in [-0.15, -0.1) is 0 Å². The molecule has 184 valence electrons. The van der Waals surface area contributed by atoms with Crippen molar-refractivity contribution in [1.29, 1.82) is 0 Å². The Morgan fingerprint density at radius 3 is 2.55 bits per heavy atom. The van der Waals surface area contributed by atoms with E-state index in [1.165, 1.54) is 6.07 Å². The molecule has 33 heavy (non-hydrogen) atoms. The lowest BCUT2D eigenvalue weighted by Gasteiger charge is -2.42. The lowest BCUT2D eigenvalue weighted by atomic mass is 9.82. The molecule has 0 radical (unpaired) electrons. The first-order valence-corrected chi connectivity index (χ1v) is 13.2. The van der Waals surface area contributed by atoms with E-state index >= 15 is 0 Å². The highest BCUT2D eigenvalue weighted by Gasteiger charge is 2.39. The van der Waals surface area contributed by atoms with Gasteiger partial charge in [-0.2, -0.15) is 0 Å². The number of hydrogen-bond donors (Lipinski definition) is 1. The van der Waals surface area contributed by atoms with Crippen molar-refractivity contribution < 1.29 is 31.5 Å². The van der Waals surface area contributed by atoms with Crippen LogP contribution in [0.1, 0.15) is 63.9 Å². The molecular formula is C23H32F2N2O5S. The van der Waals surface area contributed by atoms with Crippen molar-refractivity contribution in [2.75, 3.05) is 19.8 Å². The van der Waals surface area contributed by atoms with Crippen molar-refractivity contribution in [2.45, 2.75) is 81.7 Å². The van der Waals surface area contributed by atoms with Gasteiger partial charge in [0.15, 0.2) is 18.2 Å². The van der Waals surface area contributed by atoms with E-state index in [-0.39, 0.29) is 30.3 Å². The quantitative estimate of drug-likeness (QED) is 0.710. The van der Waals surface area contributed by atoms with Gasteiger partial charge in [-0.3, -0.25) is 4.79 Å². The van der Waals surface area contributed by atoms with Crippen LogP contribution in [0.25, 0.3) is 0 Å². The van der Waals surface area contributed by atoms with E-state index in [1.54, 1.807) is 18.7 Å². The number of fused-ring (bicyclic) bond motifs is 5. The molecule has 1 saturated carbocycles. The maximum Gasteiger partial charge on any atom is 0.260 e. The zero-order chi connectivity index (χ0) is 23.8. The highest BCUT2D eigenvalue weighted by molar-refractivity contribution is 7.90. The van der Waals surface area contributed by atoms with Crippen LogP contribution >= 0.6 is 0 Å². The zero-order valence-electron chi connectivity index (χ0n) is 19.1. The number of benzene rings is 1. The summed E-state index contributed by atoms with van der Waals surface area (Å²) in [5, 5.41) is -0.599. The number of piperidine rings is 1. The minimum atomic E-state index is -3.54. The first-order chi connectivity index (χ1) is 15.7. The fourth-order valence-corrected chi connectivity index (χ4v) is 6.05. The van der Waals surface area contributed by atoms with Gasteiger partial charge >= 0.3 is 0 Å². The summed E-state index contributed by atoms with van der Waals surface area (Å²) < 4.78 is 68.4. The second kappa shape index (κ2) is 9.84. The highest BCUT2D eigenvalue weighted by atomic mass is 32.2. The van der Waals surface area contributed by atoms with Gasteiger partial charge in [0.1, 0.15) is 5.82 Å². The van der Waals surface area contributed by atoms with Gasteiger partial charge < -0.3 is 14.4 Å². The summed E-state index contributed by atoms with van der Waals surface area (Å²) in [6.45, 7) is 3.45. The average Bonchev–Trinajstić information content (AvgIpc) is 2.78. The van der Waals surface area contributed by atoms with Gasteiger partial charge in [0.2, 0.25) is 10.0 Å². The lowest BCUT2D eigenvalue weighted by molar-refractivity contribution is -0.140. The van der Waals surface area contributed by atoms with E-state index in [1.807, 2.05) is 0 Å². The topological polar surface area (TPSA) is 84.9 Å². The molecule has 2 atom stereocenters. The minimum absolute atomic E-state index is 0.0500. The van der Waals surface area contributed by atoms with Crippen molar-refractivity contribution in [3.63, 3.8) is 0 Å². The number of rotatable bonds is 3. The lowest BCUT2D eigenvalue weighted by Crippen LogP contribution is -2.60. The van der Waals surface area contributed by atoms with Crippen molar-refractivity contribution in [3.05, 3.63) is 29.3 Å². The molecular weight excluding hydrogens is 454 g/mol. The zero-order valence-corrected chi connectivity index (χ0v) is 19.9. The van der Waals surface area contributed by atoms with Crippen molar-refractivity contribution in [3.8, 4) is 5.75 Å². The second-order valence-electron chi connectivity index (χ2n) is 9.52. The molecule has 1 aromatic carbocycles. The summed E-state index contributed by atoms with van der Waals surface area (Å²) in [6, 6.07) is 1.11. The number of sulfonamides is 1. The van der Waals surface area contributed by atoms with Crippen LogP contribution in [0.15, 0.2) is 12.1 Å². The molecule has 1 saturated heterocycles. The van der Waals surface area contributed by atoms with Crippen molar-refractivity contribution in [1.82, 2.24) is 9.62 Å². The maximum absolute atomic E-state index is 14.7. The Morgan fingerprint density at radius 1 is 1.12 bits per heavy atom. The number of hydrogen-bond acceptors (Lipinski definition) is 5. The van der Waals surface area contributed by atoms with Crippen LogP contribution < -0.4 is 9.46 Å². The molecule has 7 nitrogen and oxygen atoms in total. The molecule has 1 aromatic rings. The smallest absolute Gasteiger partial charge is 0.260 e. The Kier molecular flexibility index (Phi) is 7.26. The standard InChI is InChI=1S/C23H32F2N2O5S/c1-14(2)33(29,30)26-20-4-3-9-27-21(20)12-31-17-7-5-15(6-8-17)18-10-16(24)11-19(25)23(18)32-13-22(27)28/h10-11,14-15,17,20-21,26H,3-9,12-13H2,1-2H3/t15?,17?,20-,21?/m0/s1. The summed E-state index contributed by atoms with van der Waals surface area (Å²) >= 11 is 0. The highest BCUT2D eigenvalue weighted by Crippen LogP contribution is 2.40. The molecule has 2 fully saturated rings. The number of nitrogens with one attached hydrogen (secondary N) is 1. The molecule has 1 unspecified atom stereocenters. The van der Waals surface area contributed by atoms with Crippen molar-refractivity contribution >= 4 is 15.9 Å². The number of halogens is 2. The first-order valence-electron chi connectivity index (χ1n) is 11.7. The van der Waals surface area contributed by atoms with Crippen LogP contribution in [-0.4, -0.2) is 62.4 Å². The normalized spacial score (nSPS) is 28.9. The molecule has 1 N–H and O–H groups in total. The molecule has 2 bridgehead atoms. The fourth-order valence-electron chi connectivity index (χ4n) is 5.09. The SMILES string of the molecule is CC(C)S(=O)(=O)N[C@H]1CCCN2C(=O)COc3c(F)cc(F)cc3C3CCC(CC3)OCC12. The number of carbonyl (C=O) groups is 1. The van der Waals surface area contributed by atoms with E-state index < -0.39 is 45.6 Å². The Bertz CT molecular complexity index is 979. The fraction of sp³-hybridized carbons (Fsp3) is 0.696. The number of nitrogens with zero attached hydrogens (tertiary/aromatic N) is 1. The van der Waals surface area contributed by atoms with Gasteiger partial charge in [0.05, 0.1) is 24.0 Å². The minimum Gasteiger partial charge on any atom is -0.480 e. The molecule has 1 aliphatic carbocycles. The summed E-state index contributed by atoms with van der Waals surface area (Å²) in [6.07, 6.45) is 3.97. The molecule has 3 aliphatic heterocycles. The maximum atomic E-state index is 14.7. The summed E-state index contributed by atoms with van der Waals surface area (Å²) in [4.78, 5) is 14.7. The summed E-state index contributed by atoms with van der Waals surface area (Å²) in [5.74, 6) is -2.00. The molecule has 0 aromatic heterocycles. The van der Waals surface area contributed by atoms with E-state index in [0.29, 0.717) is 50.6 Å².